The third-order valence-electron chi connectivity index (χ3n) is 3.63. The van der Waals surface area contributed by atoms with Crippen molar-refractivity contribution in [2.24, 2.45) is 0 Å². The van der Waals surface area contributed by atoms with Crippen molar-refractivity contribution in [1.82, 2.24) is 14.9 Å². The van der Waals surface area contributed by atoms with Gasteiger partial charge >= 0.3 is 17.8 Å². The van der Waals surface area contributed by atoms with Gasteiger partial charge in [-0.25, -0.2) is 9.78 Å². The highest BCUT2D eigenvalue weighted by atomic mass is 32.2. The molecule has 0 fully saturated rings. The van der Waals surface area contributed by atoms with Gasteiger partial charge in [0, 0.05) is 12.3 Å². The zero-order chi connectivity index (χ0) is 21.4. The molecule has 0 unspecified atom stereocenters. The Bertz CT molecular complexity index is 873. The van der Waals surface area contributed by atoms with Gasteiger partial charge in [-0.05, 0) is 46.2 Å². The highest BCUT2D eigenvalue weighted by molar-refractivity contribution is 7.99. The van der Waals surface area contributed by atoms with E-state index < -0.39 is 17.5 Å². The first kappa shape index (κ1) is 22.7. The number of nitrogens with zero attached hydrogens (tertiary/aromatic N) is 2. The maximum atomic E-state index is 12.3. The van der Waals surface area contributed by atoms with Gasteiger partial charge in [0.25, 0.3) is 0 Å². The van der Waals surface area contributed by atoms with E-state index in [1.165, 1.54) is 11.8 Å². The van der Waals surface area contributed by atoms with E-state index >= 15 is 0 Å². The number of rotatable bonds is 8. The summed E-state index contributed by atoms with van der Waals surface area (Å²) in [6.45, 7) is 7.71. The van der Waals surface area contributed by atoms with E-state index in [1.54, 1.807) is 6.92 Å². The quantitative estimate of drug-likeness (QED) is 0.303. The summed E-state index contributed by atoms with van der Waals surface area (Å²) in [5.41, 5.74) is 1.10. The molecule has 1 aromatic carbocycles. The van der Waals surface area contributed by atoms with Gasteiger partial charge in [0.2, 0.25) is 0 Å². The van der Waals surface area contributed by atoms with Gasteiger partial charge in [-0.2, -0.15) is 0 Å². The SMILES string of the molecule is CCOC(=O)C(=O)NCCCSc1nc2ccccc2n1CC(=O)OC(C)(C)C. The Balaban J connectivity index is 1.97. The van der Waals surface area contributed by atoms with Crippen LogP contribution in [0.2, 0.25) is 0 Å². The molecule has 158 valence electrons. The fraction of sp³-hybridized carbons (Fsp3) is 0.500. The number of benzene rings is 1. The Kier molecular flexibility index (Phi) is 8.07. The summed E-state index contributed by atoms with van der Waals surface area (Å²) in [5, 5.41) is 3.23. The van der Waals surface area contributed by atoms with Crippen LogP contribution in [0.4, 0.5) is 0 Å². The number of carbonyl (C=O) groups excluding carboxylic acids is 3. The summed E-state index contributed by atoms with van der Waals surface area (Å²) < 4.78 is 11.9. The topological polar surface area (TPSA) is 99.5 Å². The van der Waals surface area contributed by atoms with Gasteiger partial charge in [0.05, 0.1) is 17.6 Å². The second-order valence-corrected chi connectivity index (χ2v) is 8.30. The molecule has 1 heterocycles. The van der Waals surface area contributed by atoms with Crippen molar-refractivity contribution in [3.05, 3.63) is 24.3 Å². The zero-order valence-electron chi connectivity index (χ0n) is 17.2. The first-order chi connectivity index (χ1) is 13.7. The summed E-state index contributed by atoms with van der Waals surface area (Å²) in [4.78, 5) is 39.7. The highest BCUT2D eigenvalue weighted by Gasteiger charge is 2.20. The van der Waals surface area contributed by atoms with Gasteiger partial charge in [-0.1, -0.05) is 23.9 Å². The van der Waals surface area contributed by atoms with E-state index in [2.05, 4.69) is 15.0 Å². The van der Waals surface area contributed by atoms with Crippen LogP contribution in [0, 0.1) is 0 Å². The van der Waals surface area contributed by atoms with Gasteiger partial charge in [0.15, 0.2) is 5.16 Å². The fourth-order valence-corrected chi connectivity index (χ4v) is 3.48. The van der Waals surface area contributed by atoms with E-state index in [-0.39, 0.29) is 19.1 Å². The molecule has 2 aromatic rings. The van der Waals surface area contributed by atoms with Crippen LogP contribution in [0.5, 0.6) is 0 Å². The van der Waals surface area contributed by atoms with Crippen LogP contribution in [0.1, 0.15) is 34.1 Å². The minimum absolute atomic E-state index is 0.0692. The van der Waals surface area contributed by atoms with Crippen LogP contribution in [-0.4, -0.2) is 51.9 Å². The van der Waals surface area contributed by atoms with Crippen molar-refractivity contribution in [3.8, 4) is 0 Å². The van der Waals surface area contributed by atoms with E-state index in [0.717, 1.165) is 11.0 Å². The molecule has 8 nitrogen and oxygen atoms in total. The number of hydrogen-bond acceptors (Lipinski definition) is 7. The summed E-state index contributed by atoms with van der Waals surface area (Å²) in [7, 11) is 0. The van der Waals surface area contributed by atoms with Crippen LogP contribution in [0.25, 0.3) is 11.0 Å². The smallest absolute Gasteiger partial charge is 0.396 e. The maximum absolute atomic E-state index is 12.3. The molecule has 1 amide bonds. The molecule has 0 saturated carbocycles. The summed E-state index contributed by atoms with van der Waals surface area (Å²) in [5.74, 6) is -1.29. The Morgan fingerprint density at radius 2 is 1.93 bits per heavy atom. The van der Waals surface area contributed by atoms with Gasteiger partial charge in [0.1, 0.15) is 12.1 Å². The molecule has 29 heavy (non-hydrogen) atoms. The molecular formula is C20H27N3O5S. The molecule has 0 saturated heterocycles. The minimum Gasteiger partial charge on any atom is -0.459 e. The van der Waals surface area contributed by atoms with Crippen molar-refractivity contribution in [3.63, 3.8) is 0 Å². The standard InChI is InChI=1S/C20H27N3O5S/c1-5-27-18(26)17(25)21-11-8-12-29-19-22-14-9-6-7-10-15(14)23(19)13-16(24)28-20(2,3)4/h6-7,9-10H,5,8,11-13H2,1-4H3,(H,21,25). The molecule has 0 aliphatic heterocycles. The largest absolute Gasteiger partial charge is 0.459 e. The molecule has 0 aliphatic carbocycles. The second kappa shape index (κ2) is 10.3. The molecule has 0 aliphatic rings. The predicted molar refractivity (Wildman–Crippen MR) is 111 cm³/mol. The van der Waals surface area contributed by atoms with Gasteiger partial charge in [-0.15, -0.1) is 0 Å². The number of esters is 2. The molecular weight excluding hydrogens is 394 g/mol. The Morgan fingerprint density at radius 3 is 2.62 bits per heavy atom. The predicted octanol–water partition coefficient (Wildman–Crippen LogP) is 2.54. The maximum Gasteiger partial charge on any atom is 0.396 e. The zero-order valence-corrected chi connectivity index (χ0v) is 18.0. The van der Waals surface area contributed by atoms with Gasteiger partial charge in [-0.3, -0.25) is 9.59 Å². The minimum atomic E-state index is -0.876. The lowest BCUT2D eigenvalue weighted by molar-refractivity contribution is -0.155. The lowest BCUT2D eigenvalue weighted by Crippen LogP contribution is -2.33. The highest BCUT2D eigenvalue weighted by Crippen LogP contribution is 2.25. The summed E-state index contributed by atoms with van der Waals surface area (Å²) in [6, 6.07) is 7.60. The van der Waals surface area contributed by atoms with Crippen molar-refractivity contribution < 1.29 is 23.9 Å². The first-order valence-electron chi connectivity index (χ1n) is 9.46. The van der Waals surface area contributed by atoms with Crippen molar-refractivity contribution >= 4 is 40.6 Å². The van der Waals surface area contributed by atoms with Crippen molar-refractivity contribution in [2.45, 2.75) is 51.4 Å². The third kappa shape index (κ3) is 7.08. The number of hydrogen-bond donors (Lipinski definition) is 1. The normalized spacial score (nSPS) is 11.3. The van der Waals surface area contributed by atoms with Crippen LogP contribution < -0.4 is 5.32 Å². The number of imidazole rings is 1. The summed E-state index contributed by atoms with van der Waals surface area (Å²) in [6.07, 6.45) is 0.630. The molecule has 1 aromatic heterocycles. The Hall–Kier alpha value is -2.55. The monoisotopic (exact) mass is 421 g/mol. The van der Waals surface area contributed by atoms with Crippen molar-refractivity contribution in [2.75, 3.05) is 18.9 Å². The average Bonchev–Trinajstić information content (AvgIpc) is 2.97. The Morgan fingerprint density at radius 1 is 1.21 bits per heavy atom. The van der Waals surface area contributed by atoms with Crippen molar-refractivity contribution in [1.29, 1.82) is 0 Å². The van der Waals surface area contributed by atoms with E-state index in [9.17, 15) is 14.4 Å². The number of nitrogens with one attached hydrogen (secondary N) is 1. The number of carbonyl (C=O) groups is 3. The van der Waals surface area contributed by atoms with E-state index in [1.807, 2.05) is 49.6 Å². The lowest BCUT2D eigenvalue weighted by atomic mass is 10.2. The lowest BCUT2D eigenvalue weighted by Gasteiger charge is -2.20. The van der Waals surface area contributed by atoms with Crippen LogP contribution in [0.3, 0.4) is 0 Å². The summed E-state index contributed by atoms with van der Waals surface area (Å²) >= 11 is 1.48. The third-order valence-corrected chi connectivity index (χ3v) is 4.69. The molecule has 0 bridgehead atoms. The number of aromatic nitrogens is 2. The number of para-hydroxylation sites is 2. The fourth-order valence-electron chi connectivity index (χ4n) is 2.53. The number of ether oxygens (including phenoxy) is 2. The second-order valence-electron chi connectivity index (χ2n) is 7.23. The van der Waals surface area contributed by atoms with E-state index in [4.69, 9.17) is 4.74 Å². The molecule has 1 N–H and O–H groups in total. The average molecular weight is 422 g/mol. The number of thioether (sulfide) groups is 1. The molecule has 0 spiro atoms. The van der Waals surface area contributed by atoms with E-state index in [0.29, 0.717) is 23.9 Å². The van der Waals surface area contributed by atoms with Crippen LogP contribution >= 0.6 is 11.8 Å². The van der Waals surface area contributed by atoms with Gasteiger partial charge < -0.3 is 19.4 Å². The first-order valence-corrected chi connectivity index (χ1v) is 10.4. The molecule has 2 rings (SSSR count). The number of amides is 1. The number of fused-ring (bicyclic) bond motifs is 1. The van der Waals surface area contributed by atoms with Crippen LogP contribution in [-0.2, 0) is 30.4 Å². The molecule has 0 atom stereocenters. The molecule has 0 radical (unpaired) electrons. The Labute approximate surface area is 174 Å². The molecule has 9 heteroatoms. The van der Waals surface area contributed by atoms with Crippen LogP contribution in [0.15, 0.2) is 29.4 Å².